The van der Waals surface area contributed by atoms with E-state index in [1.165, 1.54) is 0 Å². The minimum Gasteiger partial charge on any atom is -0.336 e. The van der Waals surface area contributed by atoms with Crippen LogP contribution in [0.1, 0.15) is 28.7 Å². The Kier molecular flexibility index (Phi) is 4.03. The quantitative estimate of drug-likeness (QED) is 0.925. The highest BCUT2D eigenvalue weighted by Crippen LogP contribution is 2.22. The molecule has 0 aliphatic carbocycles. The van der Waals surface area contributed by atoms with E-state index in [1.807, 2.05) is 36.1 Å². The first-order valence-corrected chi connectivity index (χ1v) is 7.85. The van der Waals surface area contributed by atoms with Gasteiger partial charge in [-0.15, -0.1) is 0 Å². The number of hydrogen-bond acceptors (Lipinski definition) is 2. The van der Waals surface area contributed by atoms with Gasteiger partial charge in [-0.25, -0.2) is 0 Å². The largest absolute Gasteiger partial charge is 0.336 e. The van der Waals surface area contributed by atoms with Gasteiger partial charge < -0.3 is 14.8 Å². The maximum atomic E-state index is 12.8. The Balaban J connectivity index is 1.94. The van der Waals surface area contributed by atoms with Crippen molar-refractivity contribution in [2.24, 2.45) is 0 Å². The fourth-order valence-electron chi connectivity index (χ4n) is 3.24. The van der Waals surface area contributed by atoms with Gasteiger partial charge in [0.2, 0.25) is 0 Å². The summed E-state index contributed by atoms with van der Waals surface area (Å²) in [4.78, 5) is 14.8. The number of nitrogens with one attached hydrogen (secondary N) is 1. The molecule has 4 heteroatoms. The fourth-order valence-corrected chi connectivity index (χ4v) is 3.24. The number of aryl methyl sites for hydroxylation is 1. The molecule has 1 saturated heterocycles. The van der Waals surface area contributed by atoms with E-state index in [0.717, 1.165) is 42.3 Å². The van der Waals surface area contributed by atoms with Crippen LogP contribution in [-0.2, 0) is 0 Å². The van der Waals surface area contributed by atoms with Crippen LogP contribution in [0.5, 0.6) is 0 Å². The molecule has 2 heterocycles. The van der Waals surface area contributed by atoms with Crippen LogP contribution in [0.4, 0.5) is 0 Å². The van der Waals surface area contributed by atoms with E-state index in [4.69, 9.17) is 0 Å². The number of piperazine rings is 1. The molecule has 1 aromatic carbocycles. The van der Waals surface area contributed by atoms with Gasteiger partial charge in [0.05, 0.1) is 5.56 Å². The molecule has 0 bridgehead atoms. The lowest BCUT2D eigenvalue weighted by molar-refractivity contribution is 0.0708. The smallest absolute Gasteiger partial charge is 0.255 e. The molecule has 4 nitrogen and oxygen atoms in total. The van der Waals surface area contributed by atoms with E-state index in [9.17, 15) is 4.79 Å². The Morgan fingerprint density at radius 3 is 2.64 bits per heavy atom. The summed E-state index contributed by atoms with van der Waals surface area (Å²) in [7, 11) is 0. The molecular formula is C18H23N3O. The highest BCUT2D eigenvalue weighted by Gasteiger charge is 2.25. The first kappa shape index (κ1) is 14.9. The number of carbonyl (C=O) groups is 1. The maximum absolute atomic E-state index is 12.8. The molecule has 1 fully saturated rings. The topological polar surface area (TPSA) is 37.3 Å². The van der Waals surface area contributed by atoms with E-state index in [2.05, 4.69) is 35.9 Å². The van der Waals surface area contributed by atoms with E-state index >= 15 is 0 Å². The van der Waals surface area contributed by atoms with Crippen molar-refractivity contribution in [2.45, 2.75) is 26.8 Å². The van der Waals surface area contributed by atoms with Crippen molar-refractivity contribution in [3.63, 3.8) is 0 Å². The van der Waals surface area contributed by atoms with Gasteiger partial charge in [-0.2, -0.15) is 0 Å². The fraction of sp³-hybridized carbons (Fsp3) is 0.389. The summed E-state index contributed by atoms with van der Waals surface area (Å²) in [5.74, 6) is 0.142. The van der Waals surface area contributed by atoms with Crippen LogP contribution in [0, 0.1) is 13.8 Å². The minimum absolute atomic E-state index is 0.142. The Morgan fingerprint density at radius 1 is 1.23 bits per heavy atom. The first-order chi connectivity index (χ1) is 10.6. The molecule has 1 N–H and O–H groups in total. The van der Waals surface area contributed by atoms with Gasteiger partial charge in [-0.05, 0) is 39.0 Å². The number of para-hydroxylation sites is 1. The second-order valence-corrected chi connectivity index (χ2v) is 6.06. The minimum atomic E-state index is 0.142. The summed E-state index contributed by atoms with van der Waals surface area (Å²) in [6, 6.07) is 12.6. The molecule has 116 valence electrons. The Bertz CT molecular complexity index is 675. The van der Waals surface area contributed by atoms with Crippen molar-refractivity contribution >= 4 is 5.91 Å². The molecule has 22 heavy (non-hydrogen) atoms. The van der Waals surface area contributed by atoms with Crippen LogP contribution in [0.15, 0.2) is 36.4 Å². The van der Waals surface area contributed by atoms with E-state index in [-0.39, 0.29) is 5.91 Å². The summed E-state index contributed by atoms with van der Waals surface area (Å²) in [5, 5.41) is 3.38. The zero-order chi connectivity index (χ0) is 15.7. The van der Waals surface area contributed by atoms with Crippen molar-refractivity contribution in [3.8, 4) is 5.69 Å². The zero-order valence-electron chi connectivity index (χ0n) is 13.5. The molecule has 0 saturated carbocycles. The SMILES string of the molecule is Cc1cc(C(=O)N2CCNC(C)C2)c(C)n1-c1ccccc1. The molecule has 1 amide bonds. The molecule has 1 aliphatic rings. The zero-order valence-corrected chi connectivity index (χ0v) is 13.5. The first-order valence-electron chi connectivity index (χ1n) is 7.85. The second-order valence-electron chi connectivity index (χ2n) is 6.06. The van der Waals surface area contributed by atoms with Crippen molar-refractivity contribution in [1.82, 2.24) is 14.8 Å². The molecule has 2 aromatic rings. The third kappa shape index (κ3) is 2.66. The lowest BCUT2D eigenvalue weighted by atomic mass is 10.1. The summed E-state index contributed by atoms with van der Waals surface area (Å²) in [6.07, 6.45) is 0. The number of benzene rings is 1. The van der Waals surface area contributed by atoms with E-state index in [1.54, 1.807) is 0 Å². The summed E-state index contributed by atoms with van der Waals surface area (Å²) in [5.41, 5.74) is 4.02. The standard InChI is InChI=1S/C18H23N3O/c1-13-12-20(10-9-19-13)18(22)17-11-14(2)21(15(17)3)16-7-5-4-6-8-16/h4-8,11,13,19H,9-10,12H2,1-3H3. The van der Waals surface area contributed by atoms with E-state index in [0.29, 0.717) is 6.04 Å². The monoisotopic (exact) mass is 297 g/mol. The Hall–Kier alpha value is -2.07. The predicted molar refractivity (Wildman–Crippen MR) is 88.6 cm³/mol. The summed E-state index contributed by atoms with van der Waals surface area (Å²) >= 11 is 0. The van der Waals surface area contributed by atoms with Crippen molar-refractivity contribution in [2.75, 3.05) is 19.6 Å². The van der Waals surface area contributed by atoms with Gasteiger partial charge in [0, 0.05) is 42.8 Å². The van der Waals surface area contributed by atoms with Crippen LogP contribution in [0.3, 0.4) is 0 Å². The highest BCUT2D eigenvalue weighted by molar-refractivity contribution is 5.96. The molecule has 1 aromatic heterocycles. The van der Waals surface area contributed by atoms with Crippen LogP contribution < -0.4 is 5.32 Å². The third-order valence-electron chi connectivity index (χ3n) is 4.33. The Morgan fingerprint density at radius 2 is 1.95 bits per heavy atom. The van der Waals surface area contributed by atoms with Crippen LogP contribution in [-0.4, -0.2) is 41.1 Å². The molecule has 0 spiro atoms. The maximum Gasteiger partial charge on any atom is 0.255 e. The van der Waals surface area contributed by atoms with Crippen LogP contribution in [0.2, 0.25) is 0 Å². The lowest BCUT2D eigenvalue weighted by Gasteiger charge is -2.32. The average molecular weight is 297 g/mol. The van der Waals surface area contributed by atoms with Crippen molar-refractivity contribution < 1.29 is 4.79 Å². The average Bonchev–Trinajstić information content (AvgIpc) is 2.82. The summed E-state index contributed by atoms with van der Waals surface area (Å²) < 4.78 is 2.15. The second kappa shape index (κ2) is 5.97. The highest BCUT2D eigenvalue weighted by atomic mass is 16.2. The number of nitrogens with zero attached hydrogens (tertiary/aromatic N) is 2. The third-order valence-corrected chi connectivity index (χ3v) is 4.33. The molecule has 1 aliphatic heterocycles. The van der Waals surface area contributed by atoms with Crippen LogP contribution >= 0.6 is 0 Å². The van der Waals surface area contributed by atoms with Gasteiger partial charge in [-0.3, -0.25) is 4.79 Å². The normalized spacial score (nSPS) is 18.5. The Labute approximate surface area is 131 Å². The summed E-state index contributed by atoms with van der Waals surface area (Å²) in [6.45, 7) is 8.61. The number of amides is 1. The van der Waals surface area contributed by atoms with Crippen molar-refractivity contribution in [1.29, 1.82) is 0 Å². The van der Waals surface area contributed by atoms with Crippen molar-refractivity contribution in [3.05, 3.63) is 53.3 Å². The molecular weight excluding hydrogens is 274 g/mol. The van der Waals surface area contributed by atoms with E-state index < -0.39 is 0 Å². The van der Waals surface area contributed by atoms with Gasteiger partial charge in [0.15, 0.2) is 0 Å². The number of hydrogen-bond donors (Lipinski definition) is 1. The lowest BCUT2D eigenvalue weighted by Crippen LogP contribution is -2.51. The van der Waals surface area contributed by atoms with Crippen LogP contribution in [0.25, 0.3) is 5.69 Å². The number of aromatic nitrogens is 1. The van der Waals surface area contributed by atoms with Gasteiger partial charge in [0.1, 0.15) is 0 Å². The molecule has 1 unspecified atom stereocenters. The number of rotatable bonds is 2. The molecule has 0 radical (unpaired) electrons. The predicted octanol–water partition coefficient (Wildman–Crippen LogP) is 2.53. The van der Waals surface area contributed by atoms with Gasteiger partial charge >= 0.3 is 0 Å². The molecule has 3 rings (SSSR count). The van der Waals surface area contributed by atoms with Gasteiger partial charge in [0.25, 0.3) is 5.91 Å². The number of carbonyl (C=O) groups excluding carboxylic acids is 1. The van der Waals surface area contributed by atoms with Gasteiger partial charge in [-0.1, -0.05) is 18.2 Å². The molecule has 1 atom stereocenters.